The molecule has 1 N–H and O–H groups in total. The Balaban J connectivity index is 1.58. The number of carbonyl (C=O) groups is 3. The summed E-state index contributed by atoms with van der Waals surface area (Å²) in [6.45, 7) is 7.61. The lowest BCUT2D eigenvalue weighted by Gasteiger charge is -2.44. The summed E-state index contributed by atoms with van der Waals surface area (Å²) in [7, 11) is 0. The minimum atomic E-state index is -1.07. The first kappa shape index (κ1) is 27.9. The van der Waals surface area contributed by atoms with Crippen molar-refractivity contribution in [2.45, 2.75) is 57.8 Å². The van der Waals surface area contributed by atoms with Crippen LogP contribution in [0.15, 0.2) is 36.4 Å². The molecule has 38 heavy (non-hydrogen) atoms. The van der Waals surface area contributed by atoms with Gasteiger partial charge in [-0.2, -0.15) is 0 Å². The van der Waals surface area contributed by atoms with E-state index in [-0.39, 0.29) is 23.0 Å². The lowest BCUT2D eigenvalue weighted by atomic mass is 9.85. The van der Waals surface area contributed by atoms with Crippen LogP contribution in [0.3, 0.4) is 0 Å². The van der Waals surface area contributed by atoms with Crippen LogP contribution in [0.5, 0.6) is 5.75 Å². The summed E-state index contributed by atoms with van der Waals surface area (Å²) in [6, 6.07) is 7.60. The van der Waals surface area contributed by atoms with Crippen LogP contribution in [-0.2, 0) is 9.47 Å². The fraction of sp³-hybridized carbons (Fsp3) is 0.464. The van der Waals surface area contributed by atoms with Gasteiger partial charge in [0, 0.05) is 23.2 Å². The summed E-state index contributed by atoms with van der Waals surface area (Å²) in [5.74, 6) is -0.968. The van der Waals surface area contributed by atoms with E-state index in [1.54, 1.807) is 32.0 Å². The Hall–Kier alpha value is -3.17. The molecule has 10 heteroatoms. The predicted molar refractivity (Wildman–Crippen MR) is 139 cm³/mol. The van der Waals surface area contributed by atoms with Crippen LogP contribution in [0.2, 0.25) is 5.02 Å². The molecule has 0 bridgehead atoms. The number of carbonyl (C=O) groups excluding carboxylic acids is 3. The Morgan fingerprint density at radius 3 is 2.50 bits per heavy atom. The van der Waals surface area contributed by atoms with E-state index in [4.69, 9.17) is 25.8 Å². The number of benzene rings is 2. The lowest BCUT2D eigenvalue weighted by Crippen LogP contribution is -2.55. The minimum Gasteiger partial charge on any atom is -0.484 e. The van der Waals surface area contributed by atoms with Crippen molar-refractivity contribution in [1.29, 1.82) is 0 Å². The van der Waals surface area contributed by atoms with Gasteiger partial charge in [0.15, 0.2) is 11.9 Å². The maximum absolute atomic E-state index is 13.7. The Morgan fingerprint density at radius 1 is 1.11 bits per heavy atom. The number of rotatable bonds is 7. The zero-order valence-electron chi connectivity index (χ0n) is 21.7. The van der Waals surface area contributed by atoms with Gasteiger partial charge in [-0.3, -0.25) is 14.5 Å². The molecule has 1 fully saturated rings. The third-order valence-electron chi connectivity index (χ3n) is 6.88. The third-order valence-corrected chi connectivity index (χ3v) is 7.17. The van der Waals surface area contributed by atoms with E-state index < -0.39 is 35.6 Å². The van der Waals surface area contributed by atoms with Crippen molar-refractivity contribution in [2.75, 3.05) is 26.2 Å². The number of nitrogens with zero attached hydrogens (tertiary/aromatic N) is 1. The SMILES string of the molecule is CC(=O)c1ccc2c(c1)[C@H](NC(=O)c1ccc(F)c(Cl)c1)[C@H](OC(=O)OCCN1CCCCC1)C(C)(C)O2. The maximum Gasteiger partial charge on any atom is 0.508 e. The molecule has 0 radical (unpaired) electrons. The largest absolute Gasteiger partial charge is 0.508 e. The topological polar surface area (TPSA) is 94.2 Å². The molecule has 2 atom stereocenters. The van der Waals surface area contributed by atoms with Gasteiger partial charge < -0.3 is 19.5 Å². The molecular weight excluding hydrogens is 515 g/mol. The summed E-state index contributed by atoms with van der Waals surface area (Å²) in [6.07, 6.45) is 1.56. The monoisotopic (exact) mass is 546 g/mol. The van der Waals surface area contributed by atoms with Gasteiger partial charge in [0.2, 0.25) is 0 Å². The number of Topliss-reactive ketones (excluding diaryl/α,β-unsaturated/α-hetero) is 1. The van der Waals surface area contributed by atoms with Crippen LogP contribution in [0, 0.1) is 5.82 Å². The van der Waals surface area contributed by atoms with Crippen LogP contribution in [0.1, 0.15) is 72.4 Å². The number of piperidine rings is 1. The number of amides is 1. The Bertz CT molecular complexity index is 1210. The van der Waals surface area contributed by atoms with Crippen molar-refractivity contribution in [1.82, 2.24) is 10.2 Å². The number of fused-ring (bicyclic) bond motifs is 1. The molecule has 2 aliphatic heterocycles. The maximum atomic E-state index is 13.7. The molecule has 0 unspecified atom stereocenters. The number of hydrogen-bond acceptors (Lipinski definition) is 7. The molecule has 204 valence electrons. The van der Waals surface area contributed by atoms with Crippen molar-refractivity contribution in [3.63, 3.8) is 0 Å². The van der Waals surface area contributed by atoms with Crippen molar-refractivity contribution in [3.8, 4) is 5.75 Å². The second-order valence-corrected chi connectivity index (χ2v) is 10.5. The molecular formula is C28H32ClFN2O6. The molecule has 2 aromatic rings. The van der Waals surface area contributed by atoms with Gasteiger partial charge in [0.05, 0.1) is 11.1 Å². The van der Waals surface area contributed by atoms with Gasteiger partial charge in [-0.05, 0) is 83.1 Å². The number of halogens is 2. The predicted octanol–water partition coefficient (Wildman–Crippen LogP) is 5.33. The van der Waals surface area contributed by atoms with Crippen LogP contribution >= 0.6 is 11.6 Å². The standard InChI is InChI=1S/C28H32ClFN2O6/c1-17(33)18-8-10-23-20(15-18)24(31-26(34)19-7-9-22(30)21(29)16-19)25(28(2,3)38-23)37-27(35)36-14-13-32-11-5-4-6-12-32/h7-10,15-16,24-25H,4-6,11-14H2,1-3H3,(H,31,34)/t24-,25-/m0/s1. The van der Waals surface area contributed by atoms with Crippen LogP contribution in [0.4, 0.5) is 9.18 Å². The van der Waals surface area contributed by atoms with E-state index in [0.29, 0.717) is 23.4 Å². The molecule has 0 aromatic heterocycles. The highest BCUT2D eigenvalue weighted by atomic mass is 35.5. The fourth-order valence-electron chi connectivity index (χ4n) is 4.81. The van der Waals surface area contributed by atoms with Crippen molar-refractivity contribution >= 4 is 29.4 Å². The van der Waals surface area contributed by atoms with Crippen LogP contribution < -0.4 is 10.1 Å². The summed E-state index contributed by atoms with van der Waals surface area (Å²) in [4.78, 5) is 40.3. The number of nitrogens with one attached hydrogen (secondary N) is 1. The van der Waals surface area contributed by atoms with E-state index in [9.17, 15) is 18.8 Å². The van der Waals surface area contributed by atoms with Gasteiger partial charge in [-0.1, -0.05) is 18.0 Å². The third kappa shape index (κ3) is 6.45. The van der Waals surface area contributed by atoms with E-state index in [1.165, 1.54) is 25.5 Å². The number of ether oxygens (including phenoxy) is 3. The Labute approximate surface area is 226 Å². The average Bonchev–Trinajstić information content (AvgIpc) is 2.87. The quantitative estimate of drug-likeness (QED) is 0.370. The van der Waals surface area contributed by atoms with Gasteiger partial charge in [0.25, 0.3) is 5.91 Å². The highest BCUT2D eigenvalue weighted by Crippen LogP contribution is 2.42. The van der Waals surface area contributed by atoms with E-state index in [2.05, 4.69) is 10.2 Å². The molecule has 2 aliphatic rings. The molecule has 1 saturated heterocycles. The number of ketones is 1. The molecule has 0 spiro atoms. The van der Waals surface area contributed by atoms with Crippen LogP contribution in [0.25, 0.3) is 0 Å². The van der Waals surface area contributed by atoms with Gasteiger partial charge in [0.1, 0.15) is 23.8 Å². The second kappa shape index (κ2) is 11.7. The first-order valence-electron chi connectivity index (χ1n) is 12.7. The summed E-state index contributed by atoms with van der Waals surface area (Å²) < 4.78 is 31.0. The summed E-state index contributed by atoms with van der Waals surface area (Å²) in [5, 5.41) is 2.67. The van der Waals surface area contributed by atoms with Gasteiger partial charge in [-0.15, -0.1) is 0 Å². The fourth-order valence-corrected chi connectivity index (χ4v) is 4.99. The zero-order chi connectivity index (χ0) is 27.4. The Kier molecular flexibility index (Phi) is 8.57. The minimum absolute atomic E-state index is 0.118. The van der Waals surface area contributed by atoms with Gasteiger partial charge in [-0.25, -0.2) is 9.18 Å². The smallest absolute Gasteiger partial charge is 0.484 e. The molecule has 4 rings (SSSR count). The van der Waals surface area contributed by atoms with E-state index >= 15 is 0 Å². The lowest BCUT2D eigenvalue weighted by molar-refractivity contribution is -0.0892. The summed E-state index contributed by atoms with van der Waals surface area (Å²) >= 11 is 5.88. The van der Waals surface area contributed by atoms with E-state index in [0.717, 1.165) is 32.0 Å². The normalized spacial score (nSPS) is 20.6. The molecule has 0 aliphatic carbocycles. The molecule has 0 saturated carbocycles. The van der Waals surface area contributed by atoms with E-state index in [1.807, 2.05) is 0 Å². The van der Waals surface area contributed by atoms with Crippen molar-refractivity contribution in [2.24, 2.45) is 0 Å². The molecule has 8 nitrogen and oxygen atoms in total. The molecule has 1 amide bonds. The molecule has 2 aromatic carbocycles. The second-order valence-electron chi connectivity index (χ2n) is 10.1. The zero-order valence-corrected chi connectivity index (χ0v) is 22.5. The van der Waals surface area contributed by atoms with Gasteiger partial charge >= 0.3 is 6.16 Å². The van der Waals surface area contributed by atoms with Crippen molar-refractivity contribution < 1.29 is 33.0 Å². The highest BCUT2D eigenvalue weighted by molar-refractivity contribution is 6.31. The van der Waals surface area contributed by atoms with Crippen LogP contribution in [-0.4, -0.2) is 60.7 Å². The first-order chi connectivity index (χ1) is 18.0. The Morgan fingerprint density at radius 2 is 1.82 bits per heavy atom. The average molecular weight is 547 g/mol. The number of hydrogen-bond donors (Lipinski definition) is 1. The highest BCUT2D eigenvalue weighted by Gasteiger charge is 2.48. The molecule has 2 heterocycles. The first-order valence-corrected chi connectivity index (χ1v) is 13.1. The number of likely N-dealkylation sites (tertiary alicyclic amines) is 1. The van der Waals surface area contributed by atoms with Crippen molar-refractivity contribution in [3.05, 3.63) is 63.9 Å². The summed E-state index contributed by atoms with van der Waals surface area (Å²) in [5.41, 5.74) is -0.0915.